The summed E-state index contributed by atoms with van der Waals surface area (Å²) in [5.41, 5.74) is 4.75. The van der Waals surface area contributed by atoms with Crippen LogP contribution in [0.1, 0.15) is 50.0 Å². The second-order valence-electron chi connectivity index (χ2n) is 10.5. The zero-order chi connectivity index (χ0) is 28.9. The number of carbonyl (C=O) groups excluding carboxylic acids is 2. The summed E-state index contributed by atoms with van der Waals surface area (Å²) >= 11 is 0. The fraction of sp³-hybridized carbons (Fsp3) is 0.333. The topological polar surface area (TPSA) is 83.5 Å². The molecule has 1 saturated heterocycles. The van der Waals surface area contributed by atoms with Gasteiger partial charge in [-0.25, -0.2) is 4.79 Å². The van der Waals surface area contributed by atoms with Crippen LogP contribution in [0.5, 0.6) is 23.0 Å². The van der Waals surface area contributed by atoms with Crippen molar-refractivity contribution < 1.29 is 33.3 Å². The minimum Gasteiger partial charge on any atom is -0.492 e. The average Bonchev–Trinajstić information content (AvgIpc) is 3.38. The van der Waals surface area contributed by atoms with Crippen molar-refractivity contribution in [2.24, 2.45) is 5.92 Å². The van der Waals surface area contributed by atoms with E-state index in [0.717, 1.165) is 59.1 Å². The molecule has 1 fully saturated rings. The molecular weight excluding hydrogens is 522 g/mol. The Morgan fingerprint density at radius 2 is 1.66 bits per heavy atom. The van der Waals surface area contributed by atoms with E-state index in [1.54, 1.807) is 24.3 Å². The van der Waals surface area contributed by atoms with Gasteiger partial charge in [-0.1, -0.05) is 31.2 Å². The number of hydrogen-bond acceptors (Lipinski definition) is 8. The first-order valence-corrected chi connectivity index (χ1v) is 13.8. The lowest BCUT2D eigenvalue weighted by molar-refractivity contribution is -0.131. The molecule has 0 radical (unpaired) electrons. The van der Waals surface area contributed by atoms with E-state index in [1.165, 1.54) is 20.5 Å². The Labute approximate surface area is 240 Å². The summed E-state index contributed by atoms with van der Waals surface area (Å²) in [5.74, 6) is 2.58. The molecule has 2 aliphatic heterocycles. The van der Waals surface area contributed by atoms with Crippen molar-refractivity contribution in [2.45, 2.75) is 33.3 Å². The molecule has 41 heavy (non-hydrogen) atoms. The van der Waals surface area contributed by atoms with Crippen LogP contribution >= 0.6 is 0 Å². The lowest BCUT2D eigenvalue weighted by atomic mass is 9.86. The summed E-state index contributed by atoms with van der Waals surface area (Å²) in [5, 5.41) is 0. The molecule has 0 bridgehead atoms. The van der Waals surface area contributed by atoms with E-state index in [1.807, 2.05) is 49.4 Å². The van der Waals surface area contributed by atoms with Crippen LogP contribution in [-0.2, 0) is 9.53 Å². The maximum Gasteiger partial charge on any atom is 0.513 e. The number of benzene rings is 3. The third-order valence-electron chi connectivity index (χ3n) is 7.43. The number of allylic oxidation sites excluding steroid dienone is 1. The molecule has 3 aromatic rings. The second-order valence-corrected chi connectivity index (χ2v) is 10.5. The van der Waals surface area contributed by atoms with Crippen molar-refractivity contribution in [2.75, 3.05) is 33.4 Å². The normalized spacial score (nSPS) is 18.3. The van der Waals surface area contributed by atoms with Crippen molar-refractivity contribution >= 4 is 23.3 Å². The predicted molar refractivity (Wildman–Crippen MR) is 155 cm³/mol. The zero-order valence-electron chi connectivity index (χ0n) is 23.8. The van der Waals surface area contributed by atoms with Gasteiger partial charge in [0, 0.05) is 37.2 Å². The molecule has 2 heterocycles. The highest BCUT2D eigenvalue weighted by Crippen LogP contribution is 2.47. The summed E-state index contributed by atoms with van der Waals surface area (Å²) in [7, 11) is 1.26. The van der Waals surface area contributed by atoms with Crippen LogP contribution in [0.3, 0.4) is 0 Å². The highest BCUT2D eigenvalue weighted by molar-refractivity contribution is 5.95. The first kappa shape index (κ1) is 28.2. The molecule has 2 atom stereocenters. The molecule has 1 unspecified atom stereocenters. The maximum absolute atomic E-state index is 11.7. The van der Waals surface area contributed by atoms with Crippen LogP contribution in [0.4, 0.5) is 4.79 Å². The molecule has 0 aliphatic carbocycles. The van der Waals surface area contributed by atoms with Gasteiger partial charge in [-0.3, -0.25) is 9.69 Å². The van der Waals surface area contributed by atoms with E-state index < -0.39 is 12.3 Å². The van der Waals surface area contributed by atoms with E-state index in [-0.39, 0.29) is 5.97 Å². The second kappa shape index (κ2) is 12.5. The smallest absolute Gasteiger partial charge is 0.492 e. The van der Waals surface area contributed by atoms with Crippen LogP contribution in [0, 0.1) is 5.92 Å². The minimum atomic E-state index is -0.798. The number of methoxy groups -OCH3 is 1. The van der Waals surface area contributed by atoms with Crippen LogP contribution in [0.15, 0.2) is 66.7 Å². The number of hydrogen-bond donors (Lipinski definition) is 0. The SMILES string of the molecule is COC(=O)Oc1ccc2c(c1)OC(c1ccc(OCCN3CC[C@@H](C)C3)cc1)C(c1ccc(OC(C)=O)cc1)=C2C. The van der Waals surface area contributed by atoms with Crippen molar-refractivity contribution in [3.8, 4) is 23.0 Å². The fourth-order valence-electron chi connectivity index (χ4n) is 5.37. The van der Waals surface area contributed by atoms with E-state index in [9.17, 15) is 9.59 Å². The van der Waals surface area contributed by atoms with Gasteiger partial charge in [0.05, 0.1) is 7.11 Å². The first-order valence-electron chi connectivity index (χ1n) is 13.8. The largest absolute Gasteiger partial charge is 0.513 e. The van der Waals surface area contributed by atoms with Crippen molar-refractivity contribution in [1.29, 1.82) is 0 Å². The van der Waals surface area contributed by atoms with Gasteiger partial charge in [0.25, 0.3) is 0 Å². The lowest BCUT2D eigenvalue weighted by Gasteiger charge is -2.31. The Morgan fingerprint density at radius 3 is 2.32 bits per heavy atom. The van der Waals surface area contributed by atoms with Crippen molar-refractivity contribution in [3.05, 3.63) is 83.4 Å². The van der Waals surface area contributed by atoms with Gasteiger partial charge in [-0.2, -0.15) is 0 Å². The van der Waals surface area contributed by atoms with Gasteiger partial charge >= 0.3 is 12.1 Å². The van der Waals surface area contributed by atoms with Crippen LogP contribution in [0.2, 0.25) is 0 Å². The van der Waals surface area contributed by atoms with Crippen molar-refractivity contribution in [1.82, 2.24) is 4.90 Å². The third kappa shape index (κ3) is 6.72. The van der Waals surface area contributed by atoms with Gasteiger partial charge < -0.3 is 23.7 Å². The molecule has 5 rings (SSSR count). The van der Waals surface area contributed by atoms with Crippen molar-refractivity contribution in [3.63, 3.8) is 0 Å². The van der Waals surface area contributed by atoms with E-state index >= 15 is 0 Å². The summed E-state index contributed by atoms with van der Waals surface area (Å²) in [6.45, 7) is 9.53. The van der Waals surface area contributed by atoms with Gasteiger partial charge in [0.15, 0.2) is 0 Å². The highest BCUT2D eigenvalue weighted by atomic mass is 16.7. The Bertz CT molecular complexity index is 1430. The molecule has 0 amide bonds. The number of fused-ring (bicyclic) bond motifs is 1. The monoisotopic (exact) mass is 557 g/mol. The Balaban J connectivity index is 1.42. The molecule has 8 nitrogen and oxygen atoms in total. The standard InChI is InChI=1S/C33H35NO7/c1-21-15-16-34(20-21)17-18-38-26-9-7-25(8-10-26)32-31(24-5-11-27(12-6-24)39-23(3)35)22(2)29-14-13-28(19-30(29)41-32)40-33(36)37-4/h5-14,19,21,32H,15-18,20H2,1-4H3/t21-,32?/m1/s1. The minimum absolute atomic E-state index is 0.326. The van der Waals surface area contributed by atoms with Gasteiger partial charge in [0.1, 0.15) is 35.7 Å². The van der Waals surface area contributed by atoms with E-state index in [2.05, 4.69) is 16.6 Å². The number of ether oxygens (including phenoxy) is 5. The summed E-state index contributed by atoms with van der Waals surface area (Å²) in [4.78, 5) is 25.5. The average molecular weight is 558 g/mol. The van der Waals surface area contributed by atoms with Crippen LogP contribution in [0.25, 0.3) is 11.1 Å². The number of esters is 1. The molecule has 214 valence electrons. The number of likely N-dealkylation sites (tertiary alicyclic amines) is 1. The van der Waals surface area contributed by atoms with Gasteiger partial charge in [-0.15, -0.1) is 0 Å². The number of carbonyl (C=O) groups is 2. The molecule has 0 saturated carbocycles. The molecule has 2 aliphatic rings. The molecule has 0 aromatic heterocycles. The van der Waals surface area contributed by atoms with Gasteiger partial charge in [0.2, 0.25) is 0 Å². The lowest BCUT2D eigenvalue weighted by Crippen LogP contribution is -2.25. The zero-order valence-corrected chi connectivity index (χ0v) is 23.8. The Morgan fingerprint density at radius 1 is 0.951 bits per heavy atom. The Kier molecular flexibility index (Phi) is 8.59. The molecule has 8 heteroatoms. The molecule has 0 N–H and O–H groups in total. The van der Waals surface area contributed by atoms with Crippen LogP contribution < -0.4 is 18.9 Å². The molecule has 3 aromatic carbocycles. The predicted octanol–water partition coefficient (Wildman–Crippen LogP) is 6.54. The number of nitrogens with zero attached hydrogens (tertiary/aromatic N) is 1. The molecule has 0 spiro atoms. The quantitative estimate of drug-likeness (QED) is 0.175. The first-order chi connectivity index (χ1) is 19.8. The van der Waals surface area contributed by atoms with Crippen LogP contribution in [-0.4, -0.2) is 50.4 Å². The Hall–Kier alpha value is -4.30. The summed E-state index contributed by atoms with van der Waals surface area (Å²) in [6, 6.07) is 20.6. The third-order valence-corrected chi connectivity index (χ3v) is 7.43. The summed E-state index contributed by atoms with van der Waals surface area (Å²) in [6.07, 6.45) is 0.000580. The van der Waals surface area contributed by atoms with E-state index in [0.29, 0.717) is 23.9 Å². The molecular formula is C33H35NO7. The number of rotatable bonds is 8. The van der Waals surface area contributed by atoms with Gasteiger partial charge in [-0.05, 0) is 78.9 Å². The van der Waals surface area contributed by atoms with E-state index in [4.69, 9.17) is 18.9 Å². The maximum atomic E-state index is 11.7. The summed E-state index contributed by atoms with van der Waals surface area (Å²) < 4.78 is 27.7. The fourth-order valence-corrected chi connectivity index (χ4v) is 5.37. The highest BCUT2D eigenvalue weighted by Gasteiger charge is 2.30.